The van der Waals surface area contributed by atoms with Crippen LogP contribution in [-0.4, -0.2) is 22.8 Å². The van der Waals surface area contributed by atoms with Crippen LogP contribution in [0.2, 0.25) is 0 Å². The fourth-order valence-corrected chi connectivity index (χ4v) is 2.37. The normalized spacial score (nSPS) is 15.2. The van der Waals surface area contributed by atoms with Gasteiger partial charge < -0.3 is 9.88 Å². The lowest BCUT2D eigenvalue weighted by Crippen LogP contribution is -2.30. The molecule has 4 nitrogen and oxygen atoms in total. The molecular formula is C15H22N2O2. The first-order chi connectivity index (χ1) is 9.06. The number of nitrogens with zero attached hydrogens (tertiary/aromatic N) is 1. The fourth-order valence-electron chi connectivity index (χ4n) is 2.37. The van der Waals surface area contributed by atoms with Gasteiger partial charge in [-0.1, -0.05) is 13.8 Å². The molecule has 2 rings (SSSR count). The van der Waals surface area contributed by atoms with Crippen LogP contribution in [0.15, 0.2) is 12.4 Å². The maximum Gasteiger partial charge on any atom is 0.239 e. The zero-order valence-corrected chi connectivity index (χ0v) is 11.7. The summed E-state index contributed by atoms with van der Waals surface area (Å²) in [6.07, 6.45) is 7.40. The zero-order chi connectivity index (χ0) is 13.8. The minimum Gasteiger partial charge on any atom is -0.354 e. The first-order valence-corrected chi connectivity index (χ1v) is 7.05. The predicted molar refractivity (Wildman–Crippen MR) is 74.2 cm³/mol. The number of aryl methyl sites for hydroxylation is 1. The molecule has 1 aromatic rings. The van der Waals surface area contributed by atoms with Crippen molar-refractivity contribution in [2.75, 3.05) is 6.54 Å². The molecule has 1 heterocycles. The number of hydrogen-bond donors (Lipinski definition) is 1. The number of amides is 1. The molecule has 0 aliphatic heterocycles. The Morgan fingerprint density at radius 3 is 2.79 bits per heavy atom. The summed E-state index contributed by atoms with van der Waals surface area (Å²) in [4.78, 5) is 23.7. The third-order valence-electron chi connectivity index (χ3n) is 3.40. The van der Waals surface area contributed by atoms with Crippen molar-refractivity contribution < 1.29 is 9.59 Å². The molecule has 1 aliphatic rings. The highest BCUT2D eigenvalue weighted by Gasteiger charge is 2.18. The van der Waals surface area contributed by atoms with Crippen molar-refractivity contribution in [3.8, 4) is 0 Å². The summed E-state index contributed by atoms with van der Waals surface area (Å²) in [6, 6.07) is 0. The molecule has 0 unspecified atom stereocenters. The minimum atomic E-state index is 0.00584. The van der Waals surface area contributed by atoms with E-state index in [0.717, 1.165) is 30.4 Å². The van der Waals surface area contributed by atoms with Gasteiger partial charge in [0, 0.05) is 30.9 Å². The topological polar surface area (TPSA) is 51.1 Å². The van der Waals surface area contributed by atoms with Crippen molar-refractivity contribution in [1.82, 2.24) is 9.88 Å². The van der Waals surface area contributed by atoms with E-state index in [9.17, 15) is 9.59 Å². The lowest BCUT2D eigenvalue weighted by Gasteiger charge is -2.08. The quantitative estimate of drug-likeness (QED) is 0.845. The van der Waals surface area contributed by atoms with E-state index >= 15 is 0 Å². The van der Waals surface area contributed by atoms with Gasteiger partial charge in [-0.05, 0) is 30.7 Å². The van der Waals surface area contributed by atoms with Crippen LogP contribution in [0.4, 0.5) is 0 Å². The number of aromatic nitrogens is 1. The van der Waals surface area contributed by atoms with Crippen molar-refractivity contribution in [1.29, 1.82) is 0 Å². The van der Waals surface area contributed by atoms with Crippen molar-refractivity contribution in [2.45, 2.75) is 46.1 Å². The molecule has 0 saturated heterocycles. The van der Waals surface area contributed by atoms with Crippen molar-refractivity contribution in [2.24, 2.45) is 5.92 Å². The third kappa shape index (κ3) is 3.69. The van der Waals surface area contributed by atoms with Crippen LogP contribution in [0.5, 0.6) is 0 Å². The number of rotatable bonds is 4. The van der Waals surface area contributed by atoms with Gasteiger partial charge in [-0.15, -0.1) is 0 Å². The molecule has 0 fully saturated rings. The van der Waals surface area contributed by atoms with Gasteiger partial charge in [0.1, 0.15) is 6.54 Å². The molecular weight excluding hydrogens is 240 g/mol. The molecule has 0 radical (unpaired) electrons. The Labute approximate surface area is 114 Å². The molecule has 1 N–H and O–H groups in total. The van der Waals surface area contributed by atoms with Crippen LogP contribution in [0.3, 0.4) is 0 Å². The number of Topliss-reactive ketones (excluding diaryl/α,β-unsaturated/α-hetero) is 1. The fraction of sp³-hybridized carbons (Fsp3) is 0.600. The Morgan fingerprint density at radius 1 is 1.32 bits per heavy atom. The largest absolute Gasteiger partial charge is 0.354 e. The zero-order valence-electron chi connectivity index (χ0n) is 11.7. The van der Waals surface area contributed by atoms with E-state index in [1.165, 1.54) is 0 Å². The monoisotopic (exact) mass is 262 g/mol. The van der Waals surface area contributed by atoms with E-state index in [1.807, 2.05) is 17.0 Å². The van der Waals surface area contributed by atoms with Gasteiger partial charge >= 0.3 is 0 Å². The summed E-state index contributed by atoms with van der Waals surface area (Å²) in [5.74, 6) is 0.673. The molecule has 0 spiro atoms. The Morgan fingerprint density at radius 2 is 2.05 bits per heavy atom. The summed E-state index contributed by atoms with van der Waals surface area (Å²) < 4.78 is 1.84. The number of ketones is 1. The van der Waals surface area contributed by atoms with Gasteiger partial charge in [0.05, 0.1) is 0 Å². The maximum absolute atomic E-state index is 11.9. The first-order valence-electron chi connectivity index (χ1n) is 7.05. The Hall–Kier alpha value is -1.58. The van der Waals surface area contributed by atoms with E-state index in [4.69, 9.17) is 0 Å². The lowest BCUT2D eigenvalue weighted by atomic mass is 10.1. The molecule has 4 heteroatoms. The Bertz CT molecular complexity index is 474. The van der Waals surface area contributed by atoms with Gasteiger partial charge in [0.2, 0.25) is 5.91 Å². The lowest BCUT2D eigenvalue weighted by molar-refractivity contribution is -0.121. The van der Waals surface area contributed by atoms with Crippen molar-refractivity contribution in [3.63, 3.8) is 0 Å². The molecule has 1 amide bonds. The smallest absolute Gasteiger partial charge is 0.239 e. The summed E-state index contributed by atoms with van der Waals surface area (Å²) in [7, 11) is 0. The molecule has 0 bridgehead atoms. The second kappa shape index (κ2) is 6.04. The van der Waals surface area contributed by atoms with E-state index in [0.29, 0.717) is 25.4 Å². The van der Waals surface area contributed by atoms with Crippen molar-refractivity contribution in [3.05, 3.63) is 23.5 Å². The van der Waals surface area contributed by atoms with Crippen LogP contribution >= 0.6 is 0 Å². The maximum atomic E-state index is 11.9. The van der Waals surface area contributed by atoms with Gasteiger partial charge in [-0.25, -0.2) is 0 Å². The Balaban J connectivity index is 2.00. The van der Waals surface area contributed by atoms with Crippen LogP contribution in [0.1, 0.15) is 49.0 Å². The molecule has 0 atom stereocenters. The van der Waals surface area contributed by atoms with Gasteiger partial charge in [-0.2, -0.15) is 0 Å². The average molecular weight is 262 g/mol. The number of carbonyl (C=O) groups is 2. The highest BCUT2D eigenvalue weighted by molar-refractivity contribution is 5.97. The summed E-state index contributed by atoms with van der Waals surface area (Å²) in [6.45, 7) is 5.12. The highest BCUT2D eigenvalue weighted by atomic mass is 16.2. The second-order valence-corrected chi connectivity index (χ2v) is 5.70. The van der Waals surface area contributed by atoms with Crippen molar-refractivity contribution >= 4 is 11.7 Å². The van der Waals surface area contributed by atoms with E-state index < -0.39 is 0 Å². The first kappa shape index (κ1) is 13.8. The molecule has 19 heavy (non-hydrogen) atoms. The average Bonchev–Trinajstić information content (AvgIpc) is 2.67. The van der Waals surface area contributed by atoms with Gasteiger partial charge in [0.15, 0.2) is 5.78 Å². The van der Waals surface area contributed by atoms with Crippen LogP contribution < -0.4 is 5.32 Å². The predicted octanol–water partition coefficient (Wildman–Crippen LogP) is 2.17. The molecule has 1 aliphatic carbocycles. The van der Waals surface area contributed by atoms with Gasteiger partial charge in [-0.3, -0.25) is 9.59 Å². The SMILES string of the molecule is CC(C)CNC(=O)Cn1cc2c(c1)C(=O)CCCC2. The number of hydrogen-bond acceptors (Lipinski definition) is 2. The summed E-state index contributed by atoms with van der Waals surface area (Å²) in [5, 5.41) is 2.89. The summed E-state index contributed by atoms with van der Waals surface area (Å²) in [5.41, 5.74) is 1.91. The molecule has 0 saturated carbocycles. The van der Waals surface area contributed by atoms with Crippen LogP contribution in [-0.2, 0) is 17.8 Å². The van der Waals surface area contributed by atoms with Crippen LogP contribution in [0.25, 0.3) is 0 Å². The standard InChI is InChI=1S/C15H22N2O2/c1-11(2)7-16-15(19)10-17-8-12-5-3-4-6-14(18)13(12)9-17/h8-9,11H,3-7,10H2,1-2H3,(H,16,19). The Kier molecular flexibility index (Phi) is 4.40. The minimum absolute atomic E-state index is 0.00584. The number of nitrogens with one attached hydrogen (secondary N) is 1. The highest BCUT2D eigenvalue weighted by Crippen LogP contribution is 2.21. The summed E-state index contributed by atoms with van der Waals surface area (Å²) >= 11 is 0. The molecule has 104 valence electrons. The van der Waals surface area contributed by atoms with E-state index in [1.54, 1.807) is 0 Å². The number of carbonyl (C=O) groups excluding carboxylic acids is 2. The third-order valence-corrected chi connectivity index (χ3v) is 3.40. The van der Waals surface area contributed by atoms with E-state index in [2.05, 4.69) is 19.2 Å². The van der Waals surface area contributed by atoms with Crippen LogP contribution in [0, 0.1) is 5.92 Å². The number of fused-ring (bicyclic) bond motifs is 1. The van der Waals surface area contributed by atoms with Gasteiger partial charge in [0.25, 0.3) is 0 Å². The second-order valence-electron chi connectivity index (χ2n) is 5.70. The molecule has 1 aromatic heterocycles. The van der Waals surface area contributed by atoms with E-state index in [-0.39, 0.29) is 11.7 Å². The molecule has 0 aromatic carbocycles.